The molecular formula is C21H25N. The van der Waals surface area contributed by atoms with Gasteiger partial charge in [0.25, 0.3) is 0 Å². The molecule has 1 nitrogen and oxygen atoms in total. The Balaban J connectivity index is 2.07. The minimum absolute atomic E-state index is 0.0887. The van der Waals surface area contributed by atoms with Crippen LogP contribution in [0.4, 0.5) is 0 Å². The lowest BCUT2D eigenvalue weighted by Crippen LogP contribution is -2.26. The van der Waals surface area contributed by atoms with Gasteiger partial charge in [0.2, 0.25) is 0 Å². The van der Waals surface area contributed by atoms with Gasteiger partial charge in [-0.15, -0.1) is 0 Å². The van der Waals surface area contributed by atoms with Gasteiger partial charge in [-0.3, -0.25) is 0 Å². The average molecular weight is 291 g/mol. The quantitative estimate of drug-likeness (QED) is 0.542. The van der Waals surface area contributed by atoms with Crippen LogP contribution < -0.4 is 0 Å². The third-order valence-electron chi connectivity index (χ3n) is 4.56. The third-order valence-corrected chi connectivity index (χ3v) is 4.56. The van der Waals surface area contributed by atoms with Crippen molar-refractivity contribution in [3.05, 3.63) is 48.0 Å². The number of hydrogen-bond donors (Lipinski definition) is 0. The van der Waals surface area contributed by atoms with Crippen molar-refractivity contribution in [2.45, 2.75) is 46.0 Å². The minimum atomic E-state index is 0.0887. The van der Waals surface area contributed by atoms with Crippen molar-refractivity contribution in [1.29, 1.82) is 5.26 Å². The smallest absolute Gasteiger partial charge is 0.0665 e. The first kappa shape index (κ1) is 16.4. The van der Waals surface area contributed by atoms with E-state index in [1.807, 2.05) is 30.3 Å². The van der Waals surface area contributed by atoms with Crippen LogP contribution in [0.25, 0.3) is 0 Å². The molecule has 0 heterocycles. The summed E-state index contributed by atoms with van der Waals surface area (Å²) in [7, 11) is 0. The highest BCUT2D eigenvalue weighted by atomic mass is 14.5. The van der Waals surface area contributed by atoms with E-state index in [-0.39, 0.29) is 11.3 Å². The zero-order valence-electron chi connectivity index (χ0n) is 13.7. The van der Waals surface area contributed by atoms with Gasteiger partial charge >= 0.3 is 0 Å². The van der Waals surface area contributed by atoms with Crippen molar-refractivity contribution in [3.63, 3.8) is 0 Å². The molecule has 0 aromatic heterocycles. The molecule has 0 bridgehead atoms. The zero-order chi connectivity index (χ0) is 16.0. The fourth-order valence-corrected chi connectivity index (χ4v) is 3.77. The molecule has 0 saturated heterocycles. The maximum absolute atomic E-state index is 9.54. The van der Waals surface area contributed by atoms with Crippen molar-refractivity contribution in [3.8, 4) is 17.9 Å². The van der Waals surface area contributed by atoms with Crippen LogP contribution in [-0.4, -0.2) is 0 Å². The summed E-state index contributed by atoms with van der Waals surface area (Å²) < 4.78 is 0. The Hall–Kier alpha value is -1.99. The molecule has 0 amide bonds. The molecule has 1 aromatic rings. The third kappa shape index (κ3) is 4.02. The first-order valence-electron chi connectivity index (χ1n) is 8.16. The molecule has 2 unspecified atom stereocenters. The molecule has 1 saturated carbocycles. The van der Waals surface area contributed by atoms with Gasteiger partial charge in [0.1, 0.15) is 0 Å². The summed E-state index contributed by atoms with van der Waals surface area (Å²) in [6.07, 6.45) is 4.82. The number of hydrogen-bond acceptors (Lipinski definition) is 1. The van der Waals surface area contributed by atoms with Gasteiger partial charge in [-0.1, -0.05) is 56.0 Å². The molecule has 1 fully saturated rings. The second kappa shape index (κ2) is 7.33. The van der Waals surface area contributed by atoms with Crippen LogP contribution in [0.2, 0.25) is 0 Å². The highest BCUT2D eigenvalue weighted by Gasteiger charge is 2.44. The van der Waals surface area contributed by atoms with Crippen molar-refractivity contribution >= 4 is 0 Å². The molecule has 114 valence electrons. The molecule has 0 spiro atoms. The van der Waals surface area contributed by atoms with Gasteiger partial charge in [-0.25, -0.2) is 0 Å². The van der Waals surface area contributed by atoms with Gasteiger partial charge < -0.3 is 0 Å². The molecular weight excluding hydrogens is 266 g/mol. The normalized spacial score (nSPS) is 23.9. The average Bonchev–Trinajstić information content (AvgIpc) is 2.80. The number of rotatable bonds is 4. The SMILES string of the molecule is C=C1CC(C#N)C(CCC#Cc2ccccc2)(CC(C)C)C1. The molecule has 22 heavy (non-hydrogen) atoms. The highest BCUT2D eigenvalue weighted by molar-refractivity contribution is 5.33. The Morgan fingerprint density at radius 1 is 1.32 bits per heavy atom. The number of nitrogens with zero attached hydrogens (tertiary/aromatic N) is 1. The van der Waals surface area contributed by atoms with Crippen LogP contribution in [0.5, 0.6) is 0 Å². The van der Waals surface area contributed by atoms with E-state index in [9.17, 15) is 5.26 Å². The van der Waals surface area contributed by atoms with Crippen LogP contribution in [0.15, 0.2) is 42.5 Å². The topological polar surface area (TPSA) is 23.8 Å². The fraction of sp³-hybridized carbons (Fsp3) is 0.476. The van der Waals surface area contributed by atoms with Crippen LogP contribution >= 0.6 is 0 Å². The molecule has 1 aliphatic carbocycles. The van der Waals surface area contributed by atoms with E-state index in [1.165, 1.54) is 5.57 Å². The van der Waals surface area contributed by atoms with E-state index < -0.39 is 0 Å². The number of allylic oxidation sites excluding steroid dienone is 1. The van der Waals surface area contributed by atoms with Crippen LogP contribution in [-0.2, 0) is 0 Å². The molecule has 0 radical (unpaired) electrons. The Morgan fingerprint density at radius 3 is 2.68 bits per heavy atom. The van der Waals surface area contributed by atoms with Crippen LogP contribution in [0.3, 0.4) is 0 Å². The second-order valence-electron chi connectivity index (χ2n) is 6.94. The summed E-state index contributed by atoms with van der Waals surface area (Å²) in [5, 5.41) is 9.54. The van der Waals surface area contributed by atoms with Gasteiger partial charge in [0, 0.05) is 12.0 Å². The largest absolute Gasteiger partial charge is 0.198 e. The number of benzene rings is 1. The molecule has 1 aromatic carbocycles. The fourth-order valence-electron chi connectivity index (χ4n) is 3.77. The predicted molar refractivity (Wildman–Crippen MR) is 91.9 cm³/mol. The van der Waals surface area contributed by atoms with Gasteiger partial charge in [-0.2, -0.15) is 5.26 Å². The monoisotopic (exact) mass is 291 g/mol. The van der Waals surface area contributed by atoms with Crippen molar-refractivity contribution in [2.75, 3.05) is 0 Å². The van der Waals surface area contributed by atoms with E-state index in [0.717, 1.165) is 37.7 Å². The summed E-state index contributed by atoms with van der Waals surface area (Å²) in [6.45, 7) is 8.63. The lowest BCUT2D eigenvalue weighted by Gasteiger charge is -2.33. The van der Waals surface area contributed by atoms with Crippen molar-refractivity contribution in [1.82, 2.24) is 0 Å². The summed E-state index contributed by atoms with van der Waals surface area (Å²) in [6, 6.07) is 12.6. The van der Waals surface area contributed by atoms with Crippen LogP contribution in [0.1, 0.15) is 51.5 Å². The highest BCUT2D eigenvalue weighted by Crippen LogP contribution is 2.52. The lowest BCUT2D eigenvalue weighted by atomic mass is 9.69. The zero-order valence-corrected chi connectivity index (χ0v) is 13.7. The van der Waals surface area contributed by atoms with Gasteiger partial charge in [-0.05, 0) is 49.1 Å². The lowest BCUT2D eigenvalue weighted by molar-refractivity contribution is 0.179. The summed E-state index contributed by atoms with van der Waals surface area (Å²) >= 11 is 0. The van der Waals surface area contributed by atoms with Crippen molar-refractivity contribution < 1.29 is 0 Å². The summed E-state index contributed by atoms with van der Waals surface area (Å²) in [5.41, 5.74) is 2.39. The molecule has 1 aliphatic rings. The minimum Gasteiger partial charge on any atom is -0.198 e. The molecule has 2 rings (SSSR count). The van der Waals surface area contributed by atoms with E-state index >= 15 is 0 Å². The second-order valence-corrected chi connectivity index (χ2v) is 6.94. The van der Waals surface area contributed by atoms with E-state index in [2.05, 4.69) is 38.3 Å². The standard InChI is InChI=1S/C21H25N/c1-17(2)14-21(15-18(3)13-20(21)16-22)12-8-7-11-19-9-5-4-6-10-19/h4-6,9-10,17,20H,3,8,12-15H2,1-2H3. The Bertz CT molecular complexity index is 609. The maximum atomic E-state index is 9.54. The predicted octanol–water partition coefficient (Wildman–Crippen LogP) is 5.34. The molecule has 0 N–H and O–H groups in total. The molecule has 0 aliphatic heterocycles. The maximum Gasteiger partial charge on any atom is 0.0665 e. The number of nitriles is 1. The first-order chi connectivity index (χ1) is 10.6. The van der Waals surface area contributed by atoms with Crippen molar-refractivity contribution in [2.24, 2.45) is 17.3 Å². The Kier molecular flexibility index (Phi) is 5.46. The van der Waals surface area contributed by atoms with Gasteiger partial charge in [0.05, 0.1) is 12.0 Å². The molecule has 1 heteroatoms. The van der Waals surface area contributed by atoms with E-state index in [4.69, 9.17) is 0 Å². The van der Waals surface area contributed by atoms with E-state index in [0.29, 0.717) is 5.92 Å². The Labute approximate surface area is 135 Å². The first-order valence-corrected chi connectivity index (χ1v) is 8.16. The molecule has 2 atom stereocenters. The summed E-state index contributed by atoms with van der Waals surface area (Å²) in [5.74, 6) is 7.24. The summed E-state index contributed by atoms with van der Waals surface area (Å²) in [4.78, 5) is 0. The Morgan fingerprint density at radius 2 is 2.05 bits per heavy atom. The van der Waals surface area contributed by atoms with Crippen LogP contribution in [0, 0.1) is 40.4 Å². The van der Waals surface area contributed by atoms with Gasteiger partial charge in [0.15, 0.2) is 0 Å². The van der Waals surface area contributed by atoms with E-state index in [1.54, 1.807) is 0 Å².